The van der Waals surface area contributed by atoms with Gasteiger partial charge in [-0.1, -0.05) is 32.0 Å². The first kappa shape index (κ1) is 24.9. The number of rotatable bonds is 5. The van der Waals surface area contributed by atoms with Gasteiger partial charge in [0.15, 0.2) is 5.82 Å². The van der Waals surface area contributed by atoms with Crippen molar-refractivity contribution < 1.29 is 18.8 Å². The summed E-state index contributed by atoms with van der Waals surface area (Å²) < 4.78 is 10.6. The molecule has 5 rings (SSSR count). The standard InChI is InChI=1S/C28H28N6O4/c1-28(2,3)22-14-23(34-38-22)31-27(36)30-19-7-5-6-17(12-19)25(35)33-26-29-15-18-9-8-16-13-20(37-4)10-11-21(16)24(18)32-26/h5-7,10-15H,8-9H2,1-4H3,(H,29,32,33,35)(H2,30,31,34,36). The number of nitrogens with zero attached hydrogens (tertiary/aromatic N) is 3. The second-order valence-corrected chi connectivity index (χ2v) is 10.0. The number of hydrogen-bond acceptors (Lipinski definition) is 7. The Hall–Kier alpha value is -4.73. The van der Waals surface area contributed by atoms with Crippen LogP contribution >= 0.6 is 0 Å². The number of aromatic nitrogens is 3. The van der Waals surface area contributed by atoms with Crippen molar-refractivity contribution in [2.45, 2.75) is 39.0 Å². The molecular formula is C28H28N6O4. The van der Waals surface area contributed by atoms with Gasteiger partial charge in [-0.3, -0.25) is 15.4 Å². The summed E-state index contributed by atoms with van der Waals surface area (Å²) in [5.41, 5.74) is 4.51. The van der Waals surface area contributed by atoms with Crippen LogP contribution in [-0.4, -0.2) is 34.2 Å². The number of benzene rings is 2. The number of amides is 3. The van der Waals surface area contributed by atoms with Gasteiger partial charge in [0.05, 0.1) is 12.8 Å². The number of carbonyl (C=O) groups excluding carboxylic acids is 2. The SMILES string of the molecule is COc1ccc2c(c1)CCc1cnc(NC(=O)c3cccc(NC(=O)Nc4cc(C(C)(C)C)on4)c3)nc1-2. The molecule has 0 radical (unpaired) electrons. The van der Waals surface area contributed by atoms with Crippen LogP contribution in [0.2, 0.25) is 0 Å². The number of nitrogens with one attached hydrogen (secondary N) is 3. The second-order valence-electron chi connectivity index (χ2n) is 10.0. The van der Waals surface area contributed by atoms with Crippen LogP contribution in [0.5, 0.6) is 5.75 Å². The molecule has 0 saturated heterocycles. The second kappa shape index (κ2) is 9.97. The Labute approximate surface area is 219 Å². The lowest BCUT2D eigenvalue weighted by Crippen LogP contribution is -2.20. The van der Waals surface area contributed by atoms with E-state index in [2.05, 4.69) is 31.1 Å². The topological polar surface area (TPSA) is 131 Å². The Morgan fingerprint density at radius 1 is 0.974 bits per heavy atom. The van der Waals surface area contributed by atoms with E-state index in [4.69, 9.17) is 9.26 Å². The molecule has 0 atom stereocenters. The Kier molecular flexibility index (Phi) is 6.54. The van der Waals surface area contributed by atoms with E-state index < -0.39 is 11.9 Å². The summed E-state index contributed by atoms with van der Waals surface area (Å²) in [6.45, 7) is 5.96. The van der Waals surface area contributed by atoms with Gasteiger partial charge in [-0.15, -0.1) is 0 Å². The molecule has 10 nitrogen and oxygen atoms in total. The Balaban J connectivity index is 1.27. The largest absolute Gasteiger partial charge is 0.497 e. The van der Waals surface area contributed by atoms with Crippen molar-refractivity contribution in [1.82, 2.24) is 15.1 Å². The van der Waals surface area contributed by atoms with Gasteiger partial charge in [-0.05, 0) is 60.4 Å². The van der Waals surface area contributed by atoms with E-state index in [9.17, 15) is 9.59 Å². The molecule has 38 heavy (non-hydrogen) atoms. The summed E-state index contributed by atoms with van der Waals surface area (Å²) in [5, 5.41) is 12.0. The van der Waals surface area contributed by atoms with Crippen LogP contribution in [0, 0.1) is 0 Å². The molecular weight excluding hydrogens is 484 g/mol. The molecule has 0 unspecified atom stereocenters. The summed E-state index contributed by atoms with van der Waals surface area (Å²) in [6, 6.07) is 13.6. The Morgan fingerprint density at radius 3 is 2.55 bits per heavy atom. The van der Waals surface area contributed by atoms with Crippen molar-refractivity contribution in [2.75, 3.05) is 23.1 Å². The highest BCUT2D eigenvalue weighted by atomic mass is 16.5. The predicted molar refractivity (Wildman–Crippen MR) is 144 cm³/mol. The highest BCUT2D eigenvalue weighted by Gasteiger charge is 2.21. The molecule has 0 saturated carbocycles. The molecule has 3 N–H and O–H groups in total. The van der Waals surface area contributed by atoms with Gasteiger partial charge in [0.25, 0.3) is 5.91 Å². The van der Waals surface area contributed by atoms with Gasteiger partial charge >= 0.3 is 6.03 Å². The number of methoxy groups -OCH3 is 1. The average molecular weight is 513 g/mol. The van der Waals surface area contributed by atoms with Crippen LogP contribution in [0.15, 0.2) is 59.3 Å². The third kappa shape index (κ3) is 5.34. The number of anilines is 3. The summed E-state index contributed by atoms with van der Waals surface area (Å²) in [7, 11) is 1.64. The fourth-order valence-corrected chi connectivity index (χ4v) is 4.17. The lowest BCUT2D eigenvalue weighted by molar-refractivity contribution is 0.102. The quantitative estimate of drug-likeness (QED) is 0.325. The zero-order chi connectivity index (χ0) is 26.9. The molecule has 194 valence electrons. The van der Waals surface area contributed by atoms with Crippen molar-refractivity contribution in [3.63, 3.8) is 0 Å². The van der Waals surface area contributed by atoms with Crippen LogP contribution in [0.1, 0.15) is 48.0 Å². The average Bonchev–Trinajstić information content (AvgIpc) is 3.37. The monoisotopic (exact) mass is 512 g/mol. The third-order valence-corrected chi connectivity index (χ3v) is 6.19. The molecule has 1 aliphatic rings. The molecule has 1 aliphatic carbocycles. The van der Waals surface area contributed by atoms with Gasteiger partial charge in [-0.2, -0.15) is 0 Å². The van der Waals surface area contributed by atoms with Crippen LogP contribution in [-0.2, 0) is 18.3 Å². The van der Waals surface area contributed by atoms with Crippen molar-refractivity contribution in [2.24, 2.45) is 0 Å². The maximum atomic E-state index is 13.0. The van der Waals surface area contributed by atoms with Crippen LogP contribution in [0.25, 0.3) is 11.3 Å². The van der Waals surface area contributed by atoms with Gasteiger partial charge in [0, 0.05) is 34.5 Å². The smallest absolute Gasteiger partial charge is 0.324 e. The minimum Gasteiger partial charge on any atom is -0.497 e. The van der Waals surface area contributed by atoms with Crippen molar-refractivity contribution >= 4 is 29.4 Å². The lowest BCUT2D eigenvalue weighted by atomic mass is 9.90. The number of aryl methyl sites for hydroxylation is 2. The molecule has 2 heterocycles. The number of carbonyl (C=O) groups is 2. The number of urea groups is 1. The highest BCUT2D eigenvalue weighted by Crippen LogP contribution is 2.34. The zero-order valence-corrected chi connectivity index (χ0v) is 21.6. The molecule has 3 amide bonds. The summed E-state index contributed by atoms with van der Waals surface area (Å²) in [6.07, 6.45) is 3.43. The van der Waals surface area contributed by atoms with E-state index in [1.807, 2.05) is 39.0 Å². The fraction of sp³-hybridized carbons (Fsp3) is 0.250. The van der Waals surface area contributed by atoms with Gasteiger partial charge in [0.1, 0.15) is 11.5 Å². The van der Waals surface area contributed by atoms with Gasteiger partial charge < -0.3 is 14.6 Å². The van der Waals surface area contributed by atoms with Crippen molar-refractivity contribution in [1.29, 1.82) is 0 Å². The van der Waals surface area contributed by atoms with Crippen molar-refractivity contribution in [3.05, 3.63) is 77.2 Å². The molecule has 4 aromatic rings. The van der Waals surface area contributed by atoms with E-state index in [-0.39, 0.29) is 11.4 Å². The number of fused-ring (bicyclic) bond motifs is 3. The minimum atomic E-state index is -0.510. The van der Waals surface area contributed by atoms with Crippen molar-refractivity contribution in [3.8, 4) is 17.0 Å². The van der Waals surface area contributed by atoms with E-state index in [0.29, 0.717) is 22.8 Å². The fourth-order valence-electron chi connectivity index (χ4n) is 4.17. The molecule has 0 aliphatic heterocycles. The first-order valence-electron chi connectivity index (χ1n) is 12.2. The number of ether oxygens (including phenoxy) is 1. The lowest BCUT2D eigenvalue weighted by Gasteiger charge is -2.19. The first-order valence-corrected chi connectivity index (χ1v) is 12.2. The van der Waals surface area contributed by atoms with Crippen LogP contribution < -0.4 is 20.7 Å². The van der Waals surface area contributed by atoms with Crippen LogP contribution in [0.3, 0.4) is 0 Å². The molecule has 0 spiro atoms. The number of hydrogen-bond donors (Lipinski definition) is 3. The molecule has 0 bridgehead atoms. The zero-order valence-electron chi connectivity index (χ0n) is 21.6. The molecule has 2 aromatic heterocycles. The van der Waals surface area contributed by atoms with E-state index >= 15 is 0 Å². The summed E-state index contributed by atoms with van der Waals surface area (Å²) >= 11 is 0. The Morgan fingerprint density at radius 2 is 1.79 bits per heavy atom. The molecule has 2 aromatic carbocycles. The van der Waals surface area contributed by atoms with E-state index in [1.165, 1.54) is 0 Å². The molecule has 0 fully saturated rings. The summed E-state index contributed by atoms with van der Waals surface area (Å²) in [4.78, 5) is 34.4. The minimum absolute atomic E-state index is 0.203. The Bertz CT molecular complexity index is 1520. The predicted octanol–water partition coefficient (Wildman–Crippen LogP) is 5.43. The molecule has 10 heteroatoms. The van der Waals surface area contributed by atoms with Gasteiger partial charge in [-0.25, -0.2) is 14.8 Å². The van der Waals surface area contributed by atoms with E-state index in [1.54, 1.807) is 43.6 Å². The van der Waals surface area contributed by atoms with Gasteiger partial charge in [0.2, 0.25) is 5.95 Å². The highest BCUT2D eigenvalue weighted by molar-refractivity contribution is 6.05. The van der Waals surface area contributed by atoms with E-state index in [0.717, 1.165) is 41.0 Å². The summed E-state index contributed by atoms with van der Waals surface area (Å²) in [5.74, 6) is 1.55. The van der Waals surface area contributed by atoms with Crippen LogP contribution in [0.4, 0.5) is 22.2 Å². The first-order chi connectivity index (χ1) is 18.2. The normalized spacial score (nSPS) is 12.2. The maximum absolute atomic E-state index is 13.0. The third-order valence-electron chi connectivity index (χ3n) is 6.19. The maximum Gasteiger partial charge on any atom is 0.324 e.